The Bertz CT molecular complexity index is 860. The van der Waals surface area contributed by atoms with Crippen LogP contribution in [0.5, 0.6) is 0 Å². The molecule has 2 rings (SSSR count). The normalized spacial score (nSPS) is 11.9. The van der Waals surface area contributed by atoms with Crippen LogP contribution in [0.4, 0.5) is 4.39 Å². The van der Waals surface area contributed by atoms with E-state index in [1.807, 2.05) is 32.1 Å². The highest BCUT2D eigenvalue weighted by Gasteiger charge is 2.16. The van der Waals surface area contributed by atoms with Gasteiger partial charge in [0, 0.05) is 6.04 Å². The molecule has 0 radical (unpaired) electrons. The van der Waals surface area contributed by atoms with Crippen LogP contribution in [0.25, 0.3) is 11.1 Å². The quantitative estimate of drug-likeness (QED) is 0.306. The van der Waals surface area contributed by atoms with Crippen molar-refractivity contribution in [2.75, 3.05) is 6.61 Å². The number of carbonyl (C=O) groups excluding carboxylic acids is 1. The summed E-state index contributed by atoms with van der Waals surface area (Å²) >= 11 is 0. The maximum Gasteiger partial charge on any atom is 0.307 e. The zero-order valence-corrected chi connectivity index (χ0v) is 17.8. The van der Waals surface area contributed by atoms with E-state index in [4.69, 9.17) is 10.5 Å². The molecule has 0 saturated carbocycles. The molecule has 0 heterocycles. The number of nitrogens with two attached hydrogens (primary N) is 1. The SMILES string of the molecule is C=CCCCCc1cc(F)cc(C)c1-c1cc(C)cc([C@@H](N)CC(=O)OCC)c1. The molecule has 0 bridgehead atoms. The van der Waals surface area contributed by atoms with Crippen molar-refractivity contribution in [1.82, 2.24) is 0 Å². The molecule has 2 N–H and O–H groups in total. The van der Waals surface area contributed by atoms with Gasteiger partial charge in [0.05, 0.1) is 13.0 Å². The highest BCUT2D eigenvalue weighted by molar-refractivity contribution is 5.73. The van der Waals surface area contributed by atoms with Crippen LogP contribution in [0.15, 0.2) is 43.0 Å². The van der Waals surface area contributed by atoms with Gasteiger partial charge < -0.3 is 10.5 Å². The average molecular weight is 398 g/mol. The van der Waals surface area contributed by atoms with Crippen molar-refractivity contribution in [3.8, 4) is 11.1 Å². The molecule has 1 atom stereocenters. The summed E-state index contributed by atoms with van der Waals surface area (Å²) in [5, 5.41) is 0. The van der Waals surface area contributed by atoms with Crippen molar-refractivity contribution in [3.05, 3.63) is 71.1 Å². The lowest BCUT2D eigenvalue weighted by molar-refractivity contribution is -0.143. The minimum absolute atomic E-state index is 0.132. The standard InChI is InChI=1S/C25H32FNO2/c1-5-7-8-9-10-19-15-22(26)13-18(4)25(19)21-12-17(3)11-20(14-21)23(27)16-24(28)29-6-2/h5,11-15,23H,1,6-10,16,27H2,2-4H3/t23-/m0/s1. The predicted octanol–water partition coefficient (Wildman–Crippen LogP) is 5.96. The first-order valence-electron chi connectivity index (χ1n) is 10.3. The van der Waals surface area contributed by atoms with Gasteiger partial charge in [0.15, 0.2) is 0 Å². The van der Waals surface area contributed by atoms with Crippen molar-refractivity contribution in [2.45, 2.75) is 58.9 Å². The van der Waals surface area contributed by atoms with E-state index in [1.165, 1.54) is 0 Å². The van der Waals surface area contributed by atoms with Gasteiger partial charge in [-0.25, -0.2) is 4.39 Å². The van der Waals surface area contributed by atoms with Crippen LogP contribution in [0.3, 0.4) is 0 Å². The van der Waals surface area contributed by atoms with Gasteiger partial charge in [-0.15, -0.1) is 6.58 Å². The Morgan fingerprint density at radius 2 is 1.97 bits per heavy atom. The van der Waals surface area contributed by atoms with E-state index in [-0.39, 0.29) is 18.2 Å². The summed E-state index contributed by atoms with van der Waals surface area (Å²) in [7, 11) is 0. The third-order valence-corrected chi connectivity index (χ3v) is 4.99. The molecule has 0 spiro atoms. The molecule has 156 valence electrons. The first-order chi connectivity index (χ1) is 13.8. The number of allylic oxidation sites excluding steroid dienone is 1. The van der Waals surface area contributed by atoms with Crippen molar-refractivity contribution >= 4 is 5.97 Å². The second kappa shape index (κ2) is 10.9. The van der Waals surface area contributed by atoms with Crippen LogP contribution in [-0.4, -0.2) is 12.6 Å². The monoisotopic (exact) mass is 397 g/mol. The topological polar surface area (TPSA) is 52.3 Å². The molecular weight excluding hydrogens is 365 g/mol. The van der Waals surface area contributed by atoms with Crippen LogP contribution >= 0.6 is 0 Å². The molecule has 2 aromatic rings. The number of carbonyl (C=O) groups is 1. The number of aryl methyl sites for hydroxylation is 3. The largest absolute Gasteiger partial charge is 0.466 e. The number of ether oxygens (including phenoxy) is 1. The zero-order valence-electron chi connectivity index (χ0n) is 17.8. The fourth-order valence-corrected chi connectivity index (χ4v) is 3.72. The van der Waals surface area contributed by atoms with Gasteiger partial charge in [0.2, 0.25) is 0 Å². The summed E-state index contributed by atoms with van der Waals surface area (Å²) in [6.45, 7) is 9.83. The van der Waals surface area contributed by atoms with Crippen molar-refractivity contribution in [2.24, 2.45) is 5.73 Å². The van der Waals surface area contributed by atoms with Crippen LogP contribution in [0, 0.1) is 19.7 Å². The van der Waals surface area contributed by atoms with Crippen molar-refractivity contribution in [3.63, 3.8) is 0 Å². The summed E-state index contributed by atoms with van der Waals surface area (Å²) in [5.74, 6) is -0.513. The third-order valence-electron chi connectivity index (χ3n) is 4.99. The maximum atomic E-state index is 14.1. The number of esters is 1. The molecule has 0 aromatic heterocycles. The number of hydrogen-bond donors (Lipinski definition) is 1. The van der Waals surface area contributed by atoms with E-state index in [1.54, 1.807) is 19.1 Å². The summed E-state index contributed by atoms with van der Waals surface area (Å²) in [6, 6.07) is 8.87. The average Bonchev–Trinajstić information content (AvgIpc) is 2.64. The van der Waals surface area contributed by atoms with Gasteiger partial charge >= 0.3 is 5.97 Å². The van der Waals surface area contributed by atoms with E-state index >= 15 is 0 Å². The Kier molecular flexibility index (Phi) is 8.59. The maximum absolute atomic E-state index is 14.1. The van der Waals surface area contributed by atoms with E-state index < -0.39 is 6.04 Å². The number of unbranched alkanes of at least 4 members (excludes halogenated alkanes) is 2. The Labute approximate surface area is 173 Å². The molecule has 0 amide bonds. The van der Waals surface area contributed by atoms with Gasteiger partial charge in [-0.3, -0.25) is 4.79 Å². The fraction of sp³-hybridized carbons (Fsp3) is 0.400. The molecule has 0 aliphatic carbocycles. The van der Waals surface area contributed by atoms with Gasteiger partial charge in [-0.2, -0.15) is 0 Å². The molecule has 0 fully saturated rings. The Hall–Kier alpha value is -2.46. The fourth-order valence-electron chi connectivity index (χ4n) is 3.72. The summed E-state index contributed by atoms with van der Waals surface area (Å²) in [5.41, 5.74) is 12.2. The minimum atomic E-state index is -0.440. The van der Waals surface area contributed by atoms with Crippen LogP contribution in [-0.2, 0) is 16.0 Å². The first kappa shape index (κ1) is 22.8. The molecule has 3 nitrogen and oxygen atoms in total. The predicted molar refractivity (Wildman–Crippen MR) is 117 cm³/mol. The molecular formula is C25H32FNO2. The Balaban J connectivity index is 2.39. The van der Waals surface area contributed by atoms with E-state index in [9.17, 15) is 9.18 Å². The van der Waals surface area contributed by atoms with Crippen LogP contribution < -0.4 is 5.73 Å². The van der Waals surface area contributed by atoms with E-state index in [2.05, 4.69) is 12.6 Å². The second-order valence-corrected chi connectivity index (χ2v) is 7.54. The molecule has 4 heteroatoms. The number of rotatable bonds is 10. The lowest BCUT2D eigenvalue weighted by atomic mass is 9.89. The number of hydrogen-bond acceptors (Lipinski definition) is 3. The highest BCUT2D eigenvalue weighted by Crippen LogP contribution is 2.33. The highest BCUT2D eigenvalue weighted by atomic mass is 19.1. The lowest BCUT2D eigenvalue weighted by Crippen LogP contribution is -2.17. The Morgan fingerprint density at radius 1 is 1.21 bits per heavy atom. The number of halogens is 1. The Morgan fingerprint density at radius 3 is 2.66 bits per heavy atom. The van der Waals surface area contributed by atoms with Crippen LogP contribution in [0.2, 0.25) is 0 Å². The van der Waals surface area contributed by atoms with Gasteiger partial charge in [-0.05, 0) is 92.5 Å². The lowest BCUT2D eigenvalue weighted by Gasteiger charge is -2.18. The summed E-state index contributed by atoms with van der Waals surface area (Å²) in [6.07, 6.45) is 5.81. The van der Waals surface area contributed by atoms with Gasteiger partial charge in [-0.1, -0.05) is 23.8 Å². The summed E-state index contributed by atoms with van der Waals surface area (Å²) in [4.78, 5) is 11.8. The zero-order chi connectivity index (χ0) is 21.4. The second-order valence-electron chi connectivity index (χ2n) is 7.54. The molecule has 0 unspecified atom stereocenters. The minimum Gasteiger partial charge on any atom is -0.466 e. The molecule has 0 saturated heterocycles. The van der Waals surface area contributed by atoms with Crippen LogP contribution in [0.1, 0.15) is 60.9 Å². The molecule has 0 aliphatic heterocycles. The van der Waals surface area contributed by atoms with Crippen molar-refractivity contribution in [1.29, 1.82) is 0 Å². The molecule has 29 heavy (non-hydrogen) atoms. The van der Waals surface area contributed by atoms with Gasteiger partial charge in [0.1, 0.15) is 5.82 Å². The van der Waals surface area contributed by atoms with Crippen molar-refractivity contribution < 1.29 is 13.9 Å². The molecule has 0 aliphatic rings. The first-order valence-corrected chi connectivity index (χ1v) is 10.3. The van der Waals surface area contributed by atoms with E-state index in [0.717, 1.165) is 59.1 Å². The smallest absolute Gasteiger partial charge is 0.307 e. The summed E-state index contributed by atoms with van der Waals surface area (Å²) < 4.78 is 19.1. The van der Waals surface area contributed by atoms with Gasteiger partial charge in [0.25, 0.3) is 0 Å². The molecule has 2 aromatic carbocycles. The number of benzene rings is 2. The van der Waals surface area contributed by atoms with E-state index in [0.29, 0.717) is 6.61 Å². The third kappa shape index (κ3) is 6.53.